The summed E-state index contributed by atoms with van der Waals surface area (Å²) in [5.74, 6) is 1.19. The van der Waals surface area contributed by atoms with Crippen molar-refractivity contribution in [2.24, 2.45) is 0 Å². The first-order valence-electron chi connectivity index (χ1n) is 5.59. The number of rotatable bonds is 2. The summed E-state index contributed by atoms with van der Waals surface area (Å²) in [6.45, 7) is 7.85. The molecule has 0 unspecified atom stereocenters. The smallest absolute Gasteiger partial charge is 0.228 e. The minimum absolute atomic E-state index is 0.549. The second-order valence-electron chi connectivity index (χ2n) is 3.19. The van der Waals surface area contributed by atoms with Crippen LogP contribution in [0.4, 0.5) is 11.8 Å². The topological polar surface area (TPSA) is 63.6 Å². The third-order valence-corrected chi connectivity index (χ3v) is 1.79. The predicted molar refractivity (Wildman–Crippen MR) is 68.2 cm³/mol. The molecular weight excluding hydrogens is 214 g/mol. The van der Waals surface area contributed by atoms with Crippen LogP contribution in [0.3, 0.4) is 0 Å². The first-order valence-corrected chi connectivity index (χ1v) is 5.59. The van der Waals surface area contributed by atoms with Gasteiger partial charge in [0, 0.05) is 23.8 Å². The highest BCUT2D eigenvalue weighted by Gasteiger charge is 2.00. The van der Waals surface area contributed by atoms with Gasteiger partial charge in [-0.2, -0.15) is 0 Å². The van der Waals surface area contributed by atoms with Crippen molar-refractivity contribution >= 4 is 11.8 Å². The van der Waals surface area contributed by atoms with Gasteiger partial charge in [0.05, 0.1) is 6.20 Å². The van der Waals surface area contributed by atoms with Crippen molar-refractivity contribution in [3.8, 4) is 0 Å². The van der Waals surface area contributed by atoms with E-state index >= 15 is 0 Å². The normalized spacial score (nSPS) is 9.18. The summed E-state index contributed by atoms with van der Waals surface area (Å²) >= 11 is 0. The number of nitrogens with zero attached hydrogens (tertiary/aromatic N) is 4. The molecule has 0 aliphatic heterocycles. The molecule has 2 aromatic heterocycles. The number of hydrogen-bond donors (Lipinski definition) is 1. The van der Waals surface area contributed by atoms with Crippen molar-refractivity contribution in [3.05, 3.63) is 36.0 Å². The van der Waals surface area contributed by atoms with Crippen LogP contribution in [0.1, 0.15) is 25.2 Å². The Balaban J connectivity index is 0.000000686. The van der Waals surface area contributed by atoms with E-state index in [-0.39, 0.29) is 0 Å². The lowest BCUT2D eigenvalue weighted by atomic mass is 10.4. The van der Waals surface area contributed by atoms with E-state index in [1.807, 2.05) is 33.8 Å². The Labute approximate surface area is 101 Å². The Kier molecular flexibility index (Phi) is 5.00. The van der Waals surface area contributed by atoms with Gasteiger partial charge in [0.2, 0.25) is 5.95 Å². The summed E-state index contributed by atoms with van der Waals surface area (Å²) < 4.78 is 0. The summed E-state index contributed by atoms with van der Waals surface area (Å²) in [4.78, 5) is 16.5. The van der Waals surface area contributed by atoms with Crippen LogP contribution < -0.4 is 5.32 Å². The van der Waals surface area contributed by atoms with Crippen molar-refractivity contribution in [2.45, 2.75) is 27.7 Å². The van der Waals surface area contributed by atoms with E-state index in [4.69, 9.17) is 0 Å². The Morgan fingerprint density at radius 3 is 2.18 bits per heavy atom. The van der Waals surface area contributed by atoms with E-state index in [0.717, 1.165) is 11.4 Å². The number of aryl methyl sites for hydroxylation is 2. The average molecular weight is 231 g/mol. The maximum Gasteiger partial charge on any atom is 0.228 e. The number of hydrogen-bond acceptors (Lipinski definition) is 5. The van der Waals surface area contributed by atoms with Gasteiger partial charge in [0.15, 0.2) is 5.82 Å². The summed E-state index contributed by atoms with van der Waals surface area (Å²) in [5, 5.41) is 2.99. The van der Waals surface area contributed by atoms with Gasteiger partial charge in [-0.25, -0.2) is 15.0 Å². The zero-order chi connectivity index (χ0) is 12.7. The molecule has 0 amide bonds. The van der Waals surface area contributed by atoms with Gasteiger partial charge < -0.3 is 5.32 Å². The van der Waals surface area contributed by atoms with Gasteiger partial charge in [-0.05, 0) is 19.9 Å². The van der Waals surface area contributed by atoms with Crippen LogP contribution in [0.2, 0.25) is 0 Å². The Bertz CT molecular complexity index is 435. The molecule has 2 heterocycles. The van der Waals surface area contributed by atoms with E-state index < -0.39 is 0 Å². The van der Waals surface area contributed by atoms with Crippen LogP contribution in [0.5, 0.6) is 0 Å². The minimum Gasteiger partial charge on any atom is -0.307 e. The molecule has 2 aromatic rings. The van der Waals surface area contributed by atoms with Crippen LogP contribution in [0.25, 0.3) is 0 Å². The summed E-state index contributed by atoms with van der Waals surface area (Å²) in [7, 11) is 0. The monoisotopic (exact) mass is 231 g/mol. The minimum atomic E-state index is 0.549. The zero-order valence-electron chi connectivity index (χ0n) is 10.6. The van der Waals surface area contributed by atoms with Crippen molar-refractivity contribution in [1.82, 2.24) is 19.9 Å². The maximum atomic E-state index is 4.24. The fourth-order valence-electron chi connectivity index (χ4n) is 1.26. The Morgan fingerprint density at radius 2 is 1.65 bits per heavy atom. The van der Waals surface area contributed by atoms with E-state index in [9.17, 15) is 0 Å². The van der Waals surface area contributed by atoms with Crippen molar-refractivity contribution < 1.29 is 0 Å². The van der Waals surface area contributed by atoms with Crippen LogP contribution in [0.15, 0.2) is 24.7 Å². The van der Waals surface area contributed by atoms with Crippen molar-refractivity contribution in [3.63, 3.8) is 0 Å². The number of nitrogens with one attached hydrogen (secondary N) is 1. The first-order chi connectivity index (χ1) is 8.24. The lowest BCUT2D eigenvalue weighted by Crippen LogP contribution is -2.01. The van der Waals surface area contributed by atoms with Gasteiger partial charge in [0.25, 0.3) is 0 Å². The van der Waals surface area contributed by atoms with Crippen LogP contribution in [-0.2, 0) is 0 Å². The molecule has 2 rings (SSSR count). The molecule has 0 aliphatic carbocycles. The van der Waals surface area contributed by atoms with Crippen LogP contribution >= 0.6 is 0 Å². The van der Waals surface area contributed by atoms with Gasteiger partial charge in [-0.3, -0.25) is 4.98 Å². The van der Waals surface area contributed by atoms with Gasteiger partial charge in [-0.1, -0.05) is 13.8 Å². The molecule has 0 saturated carbocycles. The molecule has 0 spiro atoms. The standard InChI is InChI=1S/C10H11N5.C2H6/c1-7-5-8(2)14-10(13-7)15-9-6-11-3-4-12-9;1-2/h3-6H,1-2H3,(H,12,13,14,15);1-2H3. The molecule has 0 atom stereocenters. The van der Waals surface area contributed by atoms with Crippen LogP contribution in [0, 0.1) is 13.8 Å². The zero-order valence-corrected chi connectivity index (χ0v) is 10.6. The molecule has 5 nitrogen and oxygen atoms in total. The average Bonchev–Trinajstić information content (AvgIpc) is 2.31. The number of anilines is 2. The summed E-state index contributed by atoms with van der Waals surface area (Å²) in [5.41, 5.74) is 1.85. The fourth-order valence-corrected chi connectivity index (χ4v) is 1.26. The largest absolute Gasteiger partial charge is 0.307 e. The van der Waals surface area contributed by atoms with Crippen molar-refractivity contribution in [1.29, 1.82) is 0 Å². The second-order valence-corrected chi connectivity index (χ2v) is 3.19. The van der Waals surface area contributed by atoms with E-state index in [2.05, 4.69) is 25.3 Å². The molecule has 17 heavy (non-hydrogen) atoms. The first kappa shape index (κ1) is 13.0. The quantitative estimate of drug-likeness (QED) is 0.860. The van der Waals surface area contributed by atoms with E-state index in [1.54, 1.807) is 18.6 Å². The molecule has 0 radical (unpaired) electrons. The van der Waals surface area contributed by atoms with E-state index in [1.165, 1.54) is 0 Å². The third kappa shape index (κ3) is 4.14. The lowest BCUT2D eigenvalue weighted by Gasteiger charge is -2.04. The fraction of sp³-hybridized carbons (Fsp3) is 0.333. The lowest BCUT2D eigenvalue weighted by molar-refractivity contribution is 1.05. The number of aromatic nitrogens is 4. The Morgan fingerprint density at radius 1 is 1.00 bits per heavy atom. The maximum absolute atomic E-state index is 4.24. The molecule has 0 aliphatic rings. The van der Waals surface area contributed by atoms with Gasteiger partial charge >= 0.3 is 0 Å². The highest BCUT2D eigenvalue weighted by molar-refractivity contribution is 5.45. The SMILES string of the molecule is CC.Cc1cc(C)nc(Nc2cnccn2)n1. The molecule has 0 bridgehead atoms. The predicted octanol–water partition coefficient (Wildman–Crippen LogP) is 2.65. The summed E-state index contributed by atoms with van der Waals surface area (Å²) in [6.07, 6.45) is 4.86. The highest BCUT2D eigenvalue weighted by atomic mass is 15.1. The molecule has 0 fully saturated rings. The molecular formula is C12H17N5. The molecule has 90 valence electrons. The summed E-state index contributed by atoms with van der Waals surface area (Å²) in [6, 6.07) is 1.92. The van der Waals surface area contributed by atoms with E-state index in [0.29, 0.717) is 11.8 Å². The van der Waals surface area contributed by atoms with Crippen molar-refractivity contribution in [2.75, 3.05) is 5.32 Å². The second kappa shape index (κ2) is 6.52. The molecule has 5 heteroatoms. The molecule has 1 N–H and O–H groups in total. The van der Waals surface area contributed by atoms with Gasteiger partial charge in [0.1, 0.15) is 0 Å². The third-order valence-electron chi connectivity index (χ3n) is 1.79. The van der Waals surface area contributed by atoms with Crippen LogP contribution in [-0.4, -0.2) is 19.9 Å². The van der Waals surface area contributed by atoms with Gasteiger partial charge in [-0.15, -0.1) is 0 Å². The Hall–Kier alpha value is -2.04. The highest BCUT2D eigenvalue weighted by Crippen LogP contribution is 2.09. The molecule has 0 aromatic carbocycles. The molecule has 0 saturated heterocycles.